The molecule has 3 atom stereocenters. The van der Waals surface area contributed by atoms with Crippen LogP contribution in [0.4, 0.5) is 24.5 Å². The largest absolute Gasteiger partial charge is 0.477 e. The summed E-state index contributed by atoms with van der Waals surface area (Å²) in [7, 11) is 0. The molecule has 150 valence electrons. The van der Waals surface area contributed by atoms with Gasteiger partial charge in [-0.25, -0.2) is 4.79 Å². The Bertz CT molecular complexity index is 740. The highest BCUT2D eigenvalue weighted by Gasteiger charge is 2.34. The maximum Gasteiger partial charge on any atom is 0.416 e. The molecule has 1 aromatic carbocycles. The van der Waals surface area contributed by atoms with Crippen molar-refractivity contribution in [2.75, 3.05) is 12.0 Å². The number of carbonyl (C=O) groups is 1. The second kappa shape index (κ2) is 8.72. The van der Waals surface area contributed by atoms with Crippen molar-refractivity contribution >= 4 is 23.1 Å². The van der Waals surface area contributed by atoms with Gasteiger partial charge in [0.2, 0.25) is 0 Å². The van der Waals surface area contributed by atoms with Crippen molar-refractivity contribution in [1.29, 1.82) is 0 Å². The molecule has 0 aromatic heterocycles. The summed E-state index contributed by atoms with van der Waals surface area (Å²) in [5.41, 5.74) is -2.55. The maximum atomic E-state index is 12.7. The van der Waals surface area contributed by atoms with E-state index in [4.69, 9.17) is 10.2 Å². The molecule has 0 unspecified atom stereocenters. The molecule has 0 heterocycles. The number of halogens is 3. The lowest BCUT2D eigenvalue weighted by Gasteiger charge is -2.21. The predicted octanol–water partition coefficient (Wildman–Crippen LogP) is -0.459. The summed E-state index contributed by atoms with van der Waals surface area (Å²) in [4.78, 5) is 21.0. The molecule has 1 aromatic rings. The van der Waals surface area contributed by atoms with Crippen molar-refractivity contribution in [3.63, 3.8) is 0 Å². The molecule has 0 spiro atoms. The highest BCUT2D eigenvalue weighted by Crippen LogP contribution is 2.34. The van der Waals surface area contributed by atoms with E-state index in [1.807, 2.05) is 0 Å². The van der Waals surface area contributed by atoms with Gasteiger partial charge in [-0.2, -0.15) is 18.3 Å². The van der Waals surface area contributed by atoms with Gasteiger partial charge in [-0.1, -0.05) is 0 Å². The molecule has 6 N–H and O–H groups in total. The normalized spacial score (nSPS) is 15.7. The number of nitrogens with zero attached hydrogens (tertiary/aromatic N) is 2. The van der Waals surface area contributed by atoms with Crippen LogP contribution >= 0.6 is 0 Å². The SMILES string of the molecule is O=C(O)/C(=N/Nc1cc(C(F)(F)F)ccc1[N+](=O)[O-])[C@@H](O)[C@H](O)[C@H](O)CO. The average Bonchev–Trinajstić information content (AvgIpc) is 2.58. The standard InChI is InChI=1S/C13H14F3N3O8/c14-13(15,16)5-1-2-7(19(26)27)6(3-5)17-18-9(12(24)25)11(23)10(22)8(21)4-20/h1-3,8,10-11,17,20-23H,4H2,(H,24,25)/b18-9+/t8-,10-,11-/m1/s1. The van der Waals surface area contributed by atoms with E-state index >= 15 is 0 Å². The van der Waals surface area contributed by atoms with Crippen molar-refractivity contribution in [2.24, 2.45) is 5.10 Å². The lowest BCUT2D eigenvalue weighted by molar-refractivity contribution is -0.384. The Hall–Kier alpha value is -2.81. The van der Waals surface area contributed by atoms with Crippen LogP contribution in [-0.2, 0) is 11.0 Å². The molecule has 0 radical (unpaired) electrons. The smallest absolute Gasteiger partial charge is 0.416 e. The van der Waals surface area contributed by atoms with Gasteiger partial charge in [0.15, 0.2) is 5.71 Å². The van der Waals surface area contributed by atoms with Crippen LogP contribution in [-0.4, -0.2) is 67.1 Å². The molecule has 1 rings (SSSR count). The Labute approximate surface area is 148 Å². The van der Waals surface area contributed by atoms with Crippen LogP contribution in [0.1, 0.15) is 5.56 Å². The van der Waals surface area contributed by atoms with Crippen LogP contribution in [0.2, 0.25) is 0 Å². The average molecular weight is 397 g/mol. The third-order valence-corrected chi connectivity index (χ3v) is 3.22. The topological polar surface area (TPSA) is 186 Å². The van der Waals surface area contributed by atoms with Crippen molar-refractivity contribution < 1.29 is 48.4 Å². The summed E-state index contributed by atoms with van der Waals surface area (Å²) < 4.78 is 38.2. The highest BCUT2D eigenvalue weighted by atomic mass is 19.4. The van der Waals surface area contributed by atoms with Crippen LogP contribution < -0.4 is 5.43 Å². The number of nitrogens with one attached hydrogen (secondary N) is 1. The van der Waals surface area contributed by atoms with Crippen LogP contribution in [0.3, 0.4) is 0 Å². The highest BCUT2D eigenvalue weighted by molar-refractivity contribution is 6.37. The Morgan fingerprint density at radius 1 is 1.30 bits per heavy atom. The Morgan fingerprint density at radius 3 is 2.33 bits per heavy atom. The Kier molecular flexibility index (Phi) is 7.18. The molecule has 14 heteroatoms. The molecular formula is C13H14F3N3O8. The number of hydrogen-bond donors (Lipinski definition) is 6. The number of rotatable bonds is 8. The molecule has 11 nitrogen and oxygen atoms in total. The molecule has 0 aliphatic heterocycles. The maximum absolute atomic E-state index is 12.7. The first kappa shape index (κ1) is 22.2. The molecule has 0 aliphatic rings. The number of benzene rings is 1. The zero-order valence-corrected chi connectivity index (χ0v) is 13.2. The first-order valence-electron chi connectivity index (χ1n) is 6.97. The van der Waals surface area contributed by atoms with Gasteiger partial charge < -0.3 is 25.5 Å². The van der Waals surface area contributed by atoms with Crippen molar-refractivity contribution in [3.05, 3.63) is 33.9 Å². The minimum Gasteiger partial charge on any atom is -0.477 e. The van der Waals surface area contributed by atoms with E-state index in [0.29, 0.717) is 18.2 Å². The number of carboxylic acid groups (broad SMARTS) is 1. The van der Waals surface area contributed by atoms with E-state index in [-0.39, 0.29) is 0 Å². The van der Waals surface area contributed by atoms with Gasteiger partial charge in [-0.3, -0.25) is 15.5 Å². The number of anilines is 1. The van der Waals surface area contributed by atoms with Crippen LogP contribution in [0.5, 0.6) is 0 Å². The summed E-state index contributed by atoms with van der Waals surface area (Å²) in [5.74, 6) is -1.95. The van der Waals surface area contributed by atoms with Crippen molar-refractivity contribution in [3.8, 4) is 0 Å². The molecule has 0 saturated carbocycles. The summed E-state index contributed by atoms with van der Waals surface area (Å²) >= 11 is 0. The quantitative estimate of drug-likeness (QED) is 0.192. The Balaban J connectivity index is 3.29. The molecule has 0 fully saturated rings. The number of alkyl halides is 3. The predicted molar refractivity (Wildman–Crippen MR) is 81.9 cm³/mol. The van der Waals surface area contributed by atoms with E-state index < -0.39 is 64.6 Å². The minimum atomic E-state index is -4.86. The van der Waals surface area contributed by atoms with Gasteiger partial charge in [0, 0.05) is 6.07 Å². The summed E-state index contributed by atoms with van der Waals surface area (Å²) in [6, 6.07) is 1.25. The molecule has 0 aliphatic carbocycles. The zero-order valence-electron chi connectivity index (χ0n) is 13.2. The number of hydrazone groups is 1. The fourth-order valence-corrected chi connectivity index (χ4v) is 1.80. The summed E-state index contributed by atoms with van der Waals surface area (Å²) in [6.45, 7) is -1.04. The monoisotopic (exact) mass is 397 g/mol. The number of aliphatic hydroxyl groups excluding tert-OH is 4. The lowest BCUT2D eigenvalue weighted by Crippen LogP contribution is -2.46. The first-order chi connectivity index (χ1) is 12.4. The summed E-state index contributed by atoms with van der Waals surface area (Å²) in [5, 5.41) is 60.1. The van der Waals surface area contributed by atoms with E-state index in [1.54, 1.807) is 5.43 Å². The van der Waals surface area contributed by atoms with Gasteiger partial charge in [0.05, 0.1) is 17.1 Å². The number of hydrogen-bond acceptors (Lipinski definition) is 9. The van der Waals surface area contributed by atoms with E-state index in [9.17, 15) is 43.4 Å². The van der Waals surface area contributed by atoms with E-state index in [0.717, 1.165) is 0 Å². The number of nitro benzene ring substituents is 1. The van der Waals surface area contributed by atoms with Gasteiger partial charge in [-0.15, -0.1) is 0 Å². The van der Waals surface area contributed by atoms with Crippen LogP contribution in [0.15, 0.2) is 23.3 Å². The second-order valence-electron chi connectivity index (χ2n) is 5.09. The molecule has 0 saturated heterocycles. The fourth-order valence-electron chi connectivity index (χ4n) is 1.80. The van der Waals surface area contributed by atoms with E-state index in [2.05, 4.69) is 5.10 Å². The van der Waals surface area contributed by atoms with Crippen molar-refractivity contribution in [2.45, 2.75) is 24.5 Å². The van der Waals surface area contributed by atoms with Gasteiger partial charge in [0.1, 0.15) is 24.0 Å². The number of aliphatic hydroxyl groups is 4. The third kappa shape index (κ3) is 5.58. The fraction of sp³-hybridized carbons (Fsp3) is 0.385. The Morgan fingerprint density at radius 2 is 1.89 bits per heavy atom. The zero-order chi connectivity index (χ0) is 20.9. The minimum absolute atomic E-state index is 0.298. The van der Waals surface area contributed by atoms with Gasteiger partial charge in [0.25, 0.3) is 5.69 Å². The van der Waals surface area contributed by atoms with Crippen LogP contribution in [0, 0.1) is 10.1 Å². The summed E-state index contributed by atoms with van der Waals surface area (Å²) in [6.07, 6.45) is -11.4. The van der Waals surface area contributed by atoms with Crippen LogP contribution in [0.25, 0.3) is 0 Å². The van der Waals surface area contributed by atoms with Gasteiger partial charge >= 0.3 is 12.1 Å². The number of aliphatic carboxylic acids is 1. The number of carboxylic acids is 1. The lowest BCUT2D eigenvalue weighted by atomic mass is 10.0. The third-order valence-electron chi connectivity index (χ3n) is 3.22. The molecule has 0 bridgehead atoms. The molecular weight excluding hydrogens is 383 g/mol. The molecule has 0 amide bonds. The first-order valence-corrected chi connectivity index (χ1v) is 6.97. The second-order valence-corrected chi connectivity index (χ2v) is 5.09. The van der Waals surface area contributed by atoms with E-state index in [1.165, 1.54) is 0 Å². The molecule has 27 heavy (non-hydrogen) atoms. The van der Waals surface area contributed by atoms with Crippen molar-refractivity contribution in [1.82, 2.24) is 0 Å². The number of nitro groups is 1. The van der Waals surface area contributed by atoms with Gasteiger partial charge in [-0.05, 0) is 12.1 Å².